The molecular weight excluding hydrogens is 252 g/mol. The quantitative estimate of drug-likeness (QED) is 0.508. The lowest BCUT2D eigenvalue weighted by Gasteiger charge is -2.03. The number of H-pyrrole nitrogens is 2. The van der Waals surface area contributed by atoms with E-state index in [1.54, 1.807) is 6.07 Å². The normalized spacial score (nSPS) is 10.9. The monoisotopic (exact) mass is 261 g/mol. The number of aryl methyl sites for hydroxylation is 1. The molecule has 17 heavy (non-hydrogen) atoms. The van der Waals surface area contributed by atoms with Gasteiger partial charge in [0.25, 0.3) is 5.82 Å². The predicted octanol–water partition coefficient (Wildman–Crippen LogP) is -3.47. The van der Waals surface area contributed by atoms with Crippen LogP contribution in [0.4, 0.5) is 0 Å². The van der Waals surface area contributed by atoms with E-state index in [0.29, 0.717) is 5.39 Å². The summed E-state index contributed by atoms with van der Waals surface area (Å²) in [4.78, 5) is 17.1. The van der Waals surface area contributed by atoms with E-state index in [2.05, 4.69) is 9.97 Å². The lowest BCUT2D eigenvalue weighted by atomic mass is 10.2. The minimum Gasteiger partial charge on any atom is -0.244 e. The number of halogens is 1. The van der Waals surface area contributed by atoms with Gasteiger partial charge >= 0.3 is 5.56 Å². The fourth-order valence-corrected chi connectivity index (χ4v) is 1.26. The number of nitrogens with one attached hydrogen (secondary N) is 2. The topological polar surface area (TPSA) is 136 Å². The van der Waals surface area contributed by atoms with Gasteiger partial charge < -0.3 is 0 Å². The molecule has 3 N–H and O–H groups in total. The lowest BCUT2D eigenvalue weighted by Crippen LogP contribution is -2.58. The highest BCUT2D eigenvalue weighted by Crippen LogP contribution is 2.00. The van der Waals surface area contributed by atoms with Gasteiger partial charge in [0.15, 0.2) is 0 Å². The number of para-hydroxylation sites is 1. The van der Waals surface area contributed by atoms with Crippen LogP contribution in [0.5, 0.6) is 0 Å². The number of aromatic nitrogens is 2. The molecule has 0 aliphatic rings. The minimum atomic E-state index is -4.69. The first-order valence-electron chi connectivity index (χ1n) is 4.41. The number of hydrogen-bond acceptors (Lipinski definition) is 5. The van der Waals surface area contributed by atoms with Crippen molar-refractivity contribution < 1.29 is 33.9 Å². The minimum absolute atomic E-state index is 0.0400. The molecule has 0 aliphatic heterocycles. The van der Waals surface area contributed by atoms with Crippen LogP contribution in [0.25, 0.3) is 10.9 Å². The smallest absolute Gasteiger partial charge is 0.244 e. The van der Waals surface area contributed by atoms with E-state index in [1.165, 1.54) is 0 Å². The average Bonchev–Trinajstić information content (AvgIpc) is 2.14. The highest BCUT2D eigenvalue weighted by molar-refractivity contribution is 5.73. The molecule has 0 saturated carbocycles. The maximum atomic E-state index is 11.3. The summed E-state index contributed by atoms with van der Waals surface area (Å²) in [6, 6.07) is 7.43. The summed E-state index contributed by atoms with van der Waals surface area (Å²) in [5, 5.41) is 0.697. The van der Waals surface area contributed by atoms with E-state index in [4.69, 9.17) is 18.6 Å². The molecule has 7 nitrogen and oxygen atoms in total. The fourth-order valence-electron chi connectivity index (χ4n) is 1.26. The molecule has 1 aromatic heterocycles. The zero-order valence-electron chi connectivity index (χ0n) is 8.77. The molecule has 0 atom stereocenters. The van der Waals surface area contributed by atoms with E-state index < -0.39 is 10.2 Å². The molecule has 0 fully saturated rings. The van der Waals surface area contributed by atoms with Gasteiger partial charge in [-0.05, 0) is 12.1 Å². The highest BCUT2D eigenvalue weighted by Gasteiger charge is 2.03. The first-order chi connectivity index (χ1) is 7.77. The molecule has 2 aromatic rings. The maximum Gasteiger partial charge on any atom is 0.343 e. The van der Waals surface area contributed by atoms with Gasteiger partial charge in [0.05, 0.1) is 14.9 Å². The van der Waals surface area contributed by atoms with Gasteiger partial charge in [-0.15, -0.1) is 0 Å². The number of hydrogen-bond donors (Lipinski definition) is 2. The molecule has 1 heterocycles. The van der Waals surface area contributed by atoms with Crippen LogP contribution in [0, 0.1) is 17.2 Å². The summed E-state index contributed by atoms with van der Waals surface area (Å²) in [7, 11) is -4.69. The Labute approximate surface area is 97.7 Å². The van der Waals surface area contributed by atoms with E-state index in [-0.39, 0.29) is 5.56 Å². The molecule has 0 radical (unpaired) electrons. The summed E-state index contributed by atoms with van der Waals surface area (Å²) in [6.45, 7) is 1.83. The van der Waals surface area contributed by atoms with Crippen LogP contribution in [0.2, 0.25) is 0 Å². The molecule has 92 valence electrons. The molecular formula is C9H10ClN2O5+. The fraction of sp³-hybridized carbons (Fsp3) is 0.111. The van der Waals surface area contributed by atoms with Crippen LogP contribution in [0.15, 0.2) is 29.1 Å². The first-order valence-corrected chi connectivity index (χ1v) is 5.68. The van der Waals surface area contributed by atoms with E-state index in [1.807, 2.05) is 25.1 Å². The van der Waals surface area contributed by atoms with Crippen molar-refractivity contribution in [3.63, 3.8) is 0 Å². The third kappa shape index (κ3) is 4.89. The van der Waals surface area contributed by atoms with Gasteiger partial charge in [0.2, 0.25) is 0 Å². The Hall–Kier alpha value is -1.51. The lowest BCUT2D eigenvalue weighted by molar-refractivity contribution is -1.92. The summed E-state index contributed by atoms with van der Waals surface area (Å²) in [5.74, 6) is 0.777. The number of fused-ring (bicyclic) bond motifs is 1. The Bertz CT molecular complexity index is 557. The third-order valence-corrected chi connectivity index (χ3v) is 1.79. The molecule has 0 spiro atoms. The van der Waals surface area contributed by atoms with Gasteiger partial charge in [-0.2, -0.15) is 14.0 Å². The third-order valence-electron chi connectivity index (χ3n) is 1.79. The van der Waals surface area contributed by atoms with Gasteiger partial charge in [0, 0.05) is 6.92 Å². The SMILES string of the molecule is Cc1[nH]c(=O)c2ccccc2[nH+]1.[O-][Cl+3]([O-])([O-])O. The van der Waals surface area contributed by atoms with E-state index in [9.17, 15) is 4.79 Å². The predicted molar refractivity (Wildman–Crippen MR) is 48.1 cm³/mol. The van der Waals surface area contributed by atoms with Crippen molar-refractivity contribution in [2.75, 3.05) is 0 Å². The summed E-state index contributed by atoms with van der Waals surface area (Å²) in [6.07, 6.45) is 0. The molecule has 0 saturated heterocycles. The summed E-state index contributed by atoms with van der Waals surface area (Å²) >= 11 is 0. The Morgan fingerprint density at radius 1 is 1.29 bits per heavy atom. The zero-order chi connectivity index (χ0) is 13.1. The second kappa shape index (κ2) is 5.21. The zero-order valence-corrected chi connectivity index (χ0v) is 9.52. The van der Waals surface area contributed by atoms with Gasteiger partial charge in [-0.3, -0.25) is 0 Å². The van der Waals surface area contributed by atoms with Crippen LogP contribution in [0.1, 0.15) is 5.82 Å². The molecule has 0 bridgehead atoms. The van der Waals surface area contributed by atoms with Gasteiger partial charge in [-0.25, -0.2) is 14.8 Å². The average molecular weight is 262 g/mol. The van der Waals surface area contributed by atoms with Crippen molar-refractivity contribution >= 4 is 10.9 Å². The van der Waals surface area contributed by atoms with Crippen molar-refractivity contribution in [2.24, 2.45) is 0 Å². The van der Waals surface area contributed by atoms with Crippen molar-refractivity contribution in [1.82, 2.24) is 4.98 Å². The molecule has 0 unspecified atom stereocenters. The van der Waals surface area contributed by atoms with Crippen LogP contribution >= 0.6 is 0 Å². The Kier molecular flexibility index (Phi) is 4.16. The first kappa shape index (κ1) is 13.6. The Balaban J connectivity index is 0.000000249. The molecule has 8 heteroatoms. The summed E-state index contributed by atoms with van der Waals surface area (Å²) in [5.41, 5.74) is 0.834. The van der Waals surface area contributed by atoms with E-state index >= 15 is 0 Å². The molecule has 0 amide bonds. The van der Waals surface area contributed by atoms with Crippen LogP contribution in [-0.2, 0) is 0 Å². The van der Waals surface area contributed by atoms with E-state index in [0.717, 1.165) is 11.3 Å². The second-order valence-electron chi connectivity index (χ2n) is 3.15. The van der Waals surface area contributed by atoms with Crippen molar-refractivity contribution in [1.29, 1.82) is 0 Å². The van der Waals surface area contributed by atoms with Crippen molar-refractivity contribution in [3.8, 4) is 0 Å². The van der Waals surface area contributed by atoms with Crippen molar-refractivity contribution in [2.45, 2.75) is 6.92 Å². The standard InChI is InChI=1S/C9H8N2O.ClHO4/c1-6-10-8-5-3-2-4-7(8)9(12)11-6;2-1(3,4)5/h2-5H,1H3,(H,10,11,12);(H,2,3,4,5)/p+1. The van der Waals surface area contributed by atoms with Gasteiger partial charge in [0.1, 0.15) is 10.9 Å². The molecule has 2 rings (SSSR count). The molecule has 1 aromatic carbocycles. The van der Waals surface area contributed by atoms with Gasteiger partial charge in [-0.1, -0.05) is 12.1 Å². The highest BCUT2D eigenvalue weighted by atomic mass is 35.7. The summed E-state index contributed by atoms with van der Waals surface area (Å²) < 4.78 is 32.7. The Morgan fingerprint density at radius 2 is 1.82 bits per heavy atom. The van der Waals surface area contributed by atoms with Crippen molar-refractivity contribution in [3.05, 3.63) is 40.4 Å². The number of benzene rings is 1. The van der Waals surface area contributed by atoms with Crippen LogP contribution in [0.3, 0.4) is 0 Å². The largest absolute Gasteiger partial charge is 0.343 e. The number of aromatic amines is 2. The number of rotatable bonds is 0. The van der Waals surface area contributed by atoms with Crippen LogP contribution < -0.4 is 24.5 Å². The van der Waals surface area contributed by atoms with Crippen LogP contribution in [-0.4, -0.2) is 9.64 Å². The maximum absolute atomic E-state index is 11.3. The molecule has 0 aliphatic carbocycles. The second-order valence-corrected chi connectivity index (χ2v) is 3.94. The Morgan fingerprint density at radius 3 is 2.41 bits per heavy atom.